The Kier molecular flexibility index (Phi) is 6.37. The topological polar surface area (TPSA) is 81.5 Å². The maximum atomic E-state index is 13.0. The summed E-state index contributed by atoms with van der Waals surface area (Å²) < 4.78 is 5.42. The molecule has 146 valence electrons. The predicted octanol–water partition coefficient (Wildman–Crippen LogP) is 5.17. The Hall–Kier alpha value is -3.93. The van der Waals surface area contributed by atoms with Gasteiger partial charge in [0.25, 0.3) is 11.6 Å². The summed E-state index contributed by atoms with van der Waals surface area (Å²) in [5.41, 5.74) is 2.53. The third kappa shape index (κ3) is 5.29. The SMILES string of the molecule is CCOc1ccc(NC(=O)/C(=C/c2ccc([N+](=O)[O-])cc2)c2ccccc2)cc1. The Bertz CT molecular complexity index is 1010. The lowest BCUT2D eigenvalue weighted by Crippen LogP contribution is -2.13. The predicted molar refractivity (Wildman–Crippen MR) is 114 cm³/mol. The molecule has 0 heterocycles. The molecular formula is C23H20N2O4. The van der Waals surface area contributed by atoms with Gasteiger partial charge in [-0.25, -0.2) is 0 Å². The van der Waals surface area contributed by atoms with Gasteiger partial charge in [0.1, 0.15) is 5.75 Å². The first kappa shape index (κ1) is 19.8. The van der Waals surface area contributed by atoms with Gasteiger partial charge in [-0.15, -0.1) is 0 Å². The van der Waals surface area contributed by atoms with Crippen LogP contribution in [-0.4, -0.2) is 17.4 Å². The molecule has 0 spiro atoms. The quantitative estimate of drug-likeness (QED) is 0.262. The highest BCUT2D eigenvalue weighted by Gasteiger charge is 2.13. The van der Waals surface area contributed by atoms with Crippen molar-refractivity contribution in [2.45, 2.75) is 6.92 Å². The van der Waals surface area contributed by atoms with E-state index >= 15 is 0 Å². The number of nitro groups is 1. The molecule has 0 aromatic heterocycles. The molecule has 3 aromatic rings. The van der Waals surface area contributed by atoms with E-state index in [2.05, 4.69) is 5.32 Å². The molecule has 0 bridgehead atoms. The number of nitro benzene ring substituents is 1. The summed E-state index contributed by atoms with van der Waals surface area (Å²) in [5, 5.41) is 13.7. The molecule has 0 radical (unpaired) electrons. The van der Waals surface area contributed by atoms with Crippen LogP contribution in [0.3, 0.4) is 0 Å². The van der Waals surface area contributed by atoms with Gasteiger partial charge in [0.15, 0.2) is 0 Å². The number of rotatable bonds is 7. The zero-order chi connectivity index (χ0) is 20.6. The van der Waals surface area contributed by atoms with Crippen LogP contribution in [0.5, 0.6) is 5.75 Å². The lowest BCUT2D eigenvalue weighted by molar-refractivity contribution is -0.384. The molecule has 3 rings (SSSR count). The number of benzene rings is 3. The first-order valence-electron chi connectivity index (χ1n) is 9.12. The molecule has 0 saturated heterocycles. The molecular weight excluding hydrogens is 368 g/mol. The van der Waals surface area contributed by atoms with E-state index in [9.17, 15) is 14.9 Å². The number of hydrogen-bond donors (Lipinski definition) is 1. The van der Waals surface area contributed by atoms with Crippen molar-refractivity contribution in [2.24, 2.45) is 0 Å². The molecule has 3 aromatic carbocycles. The van der Waals surface area contributed by atoms with Crippen LogP contribution in [0.1, 0.15) is 18.1 Å². The summed E-state index contributed by atoms with van der Waals surface area (Å²) in [5.74, 6) is 0.453. The van der Waals surface area contributed by atoms with E-state index in [1.807, 2.05) is 37.3 Å². The normalized spacial score (nSPS) is 11.0. The number of amides is 1. The van der Waals surface area contributed by atoms with E-state index in [1.54, 1.807) is 42.5 Å². The average molecular weight is 388 g/mol. The van der Waals surface area contributed by atoms with Crippen molar-refractivity contribution in [3.8, 4) is 5.75 Å². The number of carbonyl (C=O) groups excluding carboxylic acids is 1. The van der Waals surface area contributed by atoms with Crippen molar-refractivity contribution in [3.05, 3.63) is 100 Å². The number of ether oxygens (including phenoxy) is 1. The molecule has 6 nitrogen and oxygen atoms in total. The molecule has 0 atom stereocenters. The van der Waals surface area contributed by atoms with Crippen LogP contribution >= 0.6 is 0 Å². The standard InChI is InChI=1S/C23H20N2O4/c1-2-29-21-14-10-19(11-15-21)24-23(26)22(18-6-4-3-5-7-18)16-17-8-12-20(13-9-17)25(27)28/h3-16H,2H2,1H3,(H,24,26)/b22-16+. The maximum Gasteiger partial charge on any atom is 0.269 e. The van der Waals surface area contributed by atoms with Crippen LogP contribution in [0, 0.1) is 10.1 Å². The molecule has 0 aliphatic rings. The first-order chi connectivity index (χ1) is 14.1. The Balaban J connectivity index is 1.89. The van der Waals surface area contributed by atoms with Gasteiger partial charge in [-0.3, -0.25) is 14.9 Å². The third-order valence-corrected chi connectivity index (χ3v) is 4.17. The molecule has 29 heavy (non-hydrogen) atoms. The summed E-state index contributed by atoms with van der Waals surface area (Å²) in [6.07, 6.45) is 1.71. The van der Waals surface area contributed by atoms with Gasteiger partial charge in [0.05, 0.1) is 11.5 Å². The number of nitrogens with zero attached hydrogens (tertiary/aromatic N) is 1. The van der Waals surface area contributed by atoms with Crippen molar-refractivity contribution in [1.82, 2.24) is 0 Å². The molecule has 6 heteroatoms. The van der Waals surface area contributed by atoms with Crippen LogP contribution in [-0.2, 0) is 4.79 Å². The van der Waals surface area contributed by atoms with E-state index in [-0.39, 0.29) is 11.6 Å². The van der Waals surface area contributed by atoms with E-state index in [4.69, 9.17) is 4.74 Å². The fraction of sp³-hybridized carbons (Fsp3) is 0.0870. The highest BCUT2D eigenvalue weighted by molar-refractivity contribution is 6.29. The smallest absolute Gasteiger partial charge is 0.269 e. The Morgan fingerprint density at radius 1 is 1.00 bits per heavy atom. The van der Waals surface area contributed by atoms with Crippen LogP contribution in [0.25, 0.3) is 11.6 Å². The summed E-state index contributed by atoms with van der Waals surface area (Å²) in [6, 6.07) is 22.5. The number of non-ortho nitro benzene ring substituents is 1. The number of anilines is 1. The highest BCUT2D eigenvalue weighted by Crippen LogP contribution is 2.23. The van der Waals surface area contributed by atoms with Crippen molar-refractivity contribution in [3.63, 3.8) is 0 Å². The summed E-state index contributed by atoms with van der Waals surface area (Å²) in [7, 11) is 0. The van der Waals surface area contributed by atoms with Crippen LogP contribution in [0.2, 0.25) is 0 Å². The minimum Gasteiger partial charge on any atom is -0.494 e. The molecule has 1 N–H and O–H groups in total. The van der Waals surface area contributed by atoms with Gasteiger partial charge in [0.2, 0.25) is 0 Å². The lowest BCUT2D eigenvalue weighted by Gasteiger charge is -2.11. The second-order valence-electron chi connectivity index (χ2n) is 6.18. The van der Waals surface area contributed by atoms with E-state index in [0.29, 0.717) is 23.4 Å². The van der Waals surface area contributed by atoms with Gasteiger partial charge in [-0.2, -0.15) is 0 Å². The molecule has 0 unspecified atom stereocenters. The minimum atomic E-state index is -0.454. The lowest BCUT2D eigenvalue weighted by atomic mass is 10.0. The molecule has 0 saturated carbocycles. The molecule has 0 fully saturated rings. The highest BCUT2D eigenvalue weighted by atomic mass is 16.6. The zero-order valence-electron chi connectivity index (χ0n) is 15.9. The Morgan fingerprint density at radius 3 is 2.24 bits per heavy atom. The minimum absolute atomic E-state index is 0.00208. The molecule has 0 aliphatic carbocycles. The third-order valence-electron chi connectivity index (χ3n) is 4.17. The monoisotopic (exact) mass is 388 g/mol. The van der Waals surface area contributed by atoms with Crippen LogP contribution in [0.4, 0.5) is 11.4 Å². The van der Waals surface area contributed by atoms with Gasteiger partial charge < -0.3 is 10.1 Å². The average Bonchev–Trinajstić information content (AvgIpc) is 2.74. The maximum absolute atomic E-state index is 13.0. The van der Waals surface area contributed by atoms with Crippen molar-refractivity contribution in [1.29, 1.82) is 0 Å². The number of hydrogen-bond acceptors (Lipinski definition) is 4. The summed E-state index contributed by atoms with van der Waals surface area (Å²) >= 11 is 0. The van der Waals surface area contributed by atoms with Crippen LogP contribution in [0.15, 0.2) is 78.9 Å². The van der Waals surface area contributed by atoms with Gasteiger partial charge in [-0.1, -0.05) is 30.3 Å². The van der Waals surface area contributed by atoms with Crippen molar-refractivity contribution in [2.75, 3.05) is 11.9 Å². The van der Waals surface area contributed by atoms with Gasteiger partial charge in [-0.05, 0) is 60.5 Å². The van der Waals surface area contributed by atoms with E-state index < -0.39 is 4.92 Å². The Labute approximate surface area is 168 Å². The summed E-state index contributed by atoms with van der Waals surface area (Å²) in [6.45, 7) is 2.48. The Morgan fingerprint density at radius 2 is 1.66 bits per heavy atom. The van der Waals surface area contributed by atoms with E-state index in [1.165, 1.54) is 12.1 Å². The summed E-state index contributed by atoms with van der Waals surface area (Å²) in [4.78, 5) is 23.4. The number of nitrogens with one attached hydrogen (secondary N) is 1. The molecule has 1 amide bonds. The second kappa shape index (κ2) is 9.32. The fourth-order valence-electron chi connectivity index (χ4n) is 2.76. The zero-order valence-corrected chi connectivity index (χ0v) is 15.9. The second-order valence-corrected chi connectivity index (χ2v) is 6.18. The van der Waals surface area contributed by atoms with Gasteiger partial charge in [0, 0.05) is 23.4 Å². The van der Waals surface area contributed by atoms with Gasteiger partial charge >= 0.3 is 0 Å². The van der Waals surface area contributed by atoms with Crippen molar-refractivity contribution < 1.29 is 14.5 Å². The number of carbonyl (C=O) groups is 1. The molecule has 0 aliphatic heterocycles. The van der Waals surface area contributed by atoms with Crippen molar-refractivity contribution >= 4 is 28.9 Å². The van der Waals surface area contributed by atoms with E-state index in [0.717, 1.165) is 11.3 Å². The fourth-order valence-corrected chi connectivity index (χ4v) is 2.76. The largest absolute Gasteiger partial charge is 0.494 e. The first-order valence-corrected chi connectivity index (χ1v) is 9.12. The van der Waals surface area contributed by atoms with Crippen LogP contribution < -0.4 is 10.1 Å².